The monoisotopic (exact) mass is 354 g/mol. The van der Waals surface area contributed by atoms with Gasteiger partial charge >= 0.3 is 0 Å². The van der Waals surface area contributed by atoms with Crippen molar-refractivity contribution in [1.82, 2.24) is 19.2 Å². The summed E-state index contributed by atoms with van der Waals surface area (Å²) in [6.07, 6.45) is 5.20. The molecule has 0 bridgehead atoms. The van der Waals surface area contributed by atoms with Crippen molar-refractivity contribution in [3.8, 4) is 0 Å². The van der Waals surface area contributed by atoms with E-state index in [2.05, 4.69) is 16.8 Å². The van der Waals surface area contributed by atoms with Gasteiger partial charge in [-0.05, 0) is 25.0 Å². The Morgan fingerprint density at radius 2 is 2.08 bits per heavy atom. The molecule has 1 aliphatic carbocycles. The molecular weight excluding hydrogens is 336 g/mol. The fraction of sp³-hybridized carbons (Fsp3) is 0.333. The smallest absolute Gasteiger partial charge is 0.263 e. The molecular formula is C18H18N4O2S. The Hall–Kier alpha value is -2.41. The van der Waals surface area contributed by atoms with Gasteiger partial charge in [0.05, 0.1) is 16.2 Å². The van der Waals surface area contributed by atoms with Gasteiger partial charge in [-0.15, -0.1) is 16.8 Å². The van der Waals surface area contributed by atoms with Crippen molar-refractivity contribution in [2.45, 2.75) is 42.6 Å². The summed E-state index contributed by atoms with van der Waals surface area (Å²) in [7, 11) is 0. The molecule has 25 heavy (non-hydrogen) atoms. The van der Waals surface area contributed by atoms with Gasteiger partial charge in [-0.1, -0.05) is 36.4 Å². The summed E-state index contributed by atoms with van der Waals surface area (Å²) in [6.45, 7) is 4.09. The molecule has 7 heteroatoms. The third-order valence-electron chi connectivity index (χ3n) is 4.54. The first-order valence-electron chi connectivity index (χ1n) is 8.37. The summed E-state index contributed by atoms with van der Waals surface area (Å²) in [5, 5.41) is 9.70. The minimum atomic E-state index is -0.110. The Morgan fingerprint density at radius 1 is 1.24 bits per heavy atom. The minimum Gasteiger partial charge on any atom is -0.298 e. The number of para-hydroxylation sites is 1. The van der Waals surface area contributed by atoms with Crippen LogP contribution in [0.2, 0.25) is 0 Å². The first-order chi connectivity index (χ1) is 12.2. The summed E-state index contributed by atoms with van der Waals surface area (Å²) in [4.78, 5) is 25.0. The Labute approximate surface area is 148 Å². The molecule has 0 spiro atoms. The van der Waals surface area contributed by atoms with Crippen LogP contribution in [0.3, 0.4) is 0 Å². The van der Waals surface area contributed by atoms with E-state index in [1.165, 1.54) is 11.8 Å². The van der Waals surface area contributed by atoms with Crippen molar-refractivity contribution in [2.75, 3.05) is 0 Å². The molecule has 6 nitrogen and oxygen atoms in total. The zero-order valence-electron chi connectivity index (χ0n) is 13.7. The minimum absolute atomic E-state index is 0.0836. The number of carbonyl (C=O) groups is 1. The number of carbonyl (C=O) groups excluding carboxylic acids is 1. The van der Waals surface area contributed by atoms with Gasteiger partial charge in [0.15, 0.2) is 5.16 Å². The highest BCUT2D eigenvalue weighted by Crippen LogP contribution is 2.31. The first-order valence-corrected chi connectivity index (χ1v) is 9.25. The third kappa shape index (κ3) is 2.68. The van der Waals surface area contributed by atoms with E-state index in [0.29, 0.717) is 29.3 Å². The quantitative estimate of drug-likeness (QED) is 0.674. The predicted molar refractivity (Wildman–Crippen MR) is 98.1 cm³/mol. The number of hydrogen-bond acceptors (Lipinski definition) is 5. The van der Waals surface area contributed by atoms with Crippen LogP contribution in [0.5, 0.6) is 0 Å². The van der Waals surface area contributed by atoms with Gasteiger partial charge in [-0.3, -0.25) is 18.6 Å². The lowest BCUT2D eigenvalue weighted by atomic mass is 9.99. The average molecular weight is 354 g/mol. The van der Waals surface area contributed by atoms with E-state index in [-0.39, 0.29) is 16.6 Å². The third-order valence-corrected chi connectivity index (χ3v) is 5.79. The molecule has 1 aromatic carbocycles. The van der Waals surface area contributed by atoms with Crippen LogP contribution >= 0.6 is 11.8 Å². The number of aromatic nitrogens is 4. The summed E-state index contributed by atoms with van der Waals surface area (Å²) in [6, 6.07) is 7.42. The van der Waals surface area contributed by atoms with E-state index in [1.807, 2.05) is 22.6 Å². The van der Waals surface area contributed by atoms with Crippen molar-refractivity contribution in [2.24, 2.45) is 0 Å². The normalized spacial score (nSPS) is 18.1. The maximum Gasteiger partial charge on any atom is 0.263 e. The molecule has 0 saturated heterocycles. The molecule has 3 aromatic rings. The number of Topliss-reactive ketones (excluding diaryl/α,β-unsaturated/α-hetero) is 1. The van der Waals surface area contributed by atoms with Crippen molar-refractivity contribution in [3.05, 3.63) is 47.3 Å². The second-order valence-corrected chi connectivity index (χ2v) is 7.33. The standard InChI is InChI=1S/C18H18N4O2S/c1-2-11-21-16(24)12-7-3-4-8-13(12)22-17(21)19-20-18(22)25-15-10-6-5-9-14(15)23/h2-4,7-8,15H,1,5-6,9-11H2/t15-/m0/s1. The van der Waals surface area contributed by atoms with Gasteiger partial charge in [0, 0.05) is 13.0 Å². The maximum atomic E-state index is 12.8. The number of allylic oxidation sites excluding steroid dienone is 1. The number of ketones is 1. The van der Waals surface area contributed by atoms with E-state index in [9.17, 15) is 9.59 Å². The van der Waals surface area contributed by atoms with Crippen LogP contribution in [0.25, 0.3) is 16.7 Å². The molecule has 2 heterocycles. The molecule has 1 atom stereocenters. The van der Waals surface area contributed by atoms with Crippen LogP contribution in [0, 0.1) is 0 Å². The zero-order valence-corrected chi connectivity index (χ0v) is 14.5. The van der Waals surface area contributed by atoms with Gasteiger partial charge in [0.25, 0.3) is 5.56 Å². The zero-order chi connectivity index (χ0) is 17.4. The van der Waals surface area contributed by atoms with Crippen LogP contribution in [0.4, 0.5) is 0 Å². The van der Waals surface area contributed by atoms with Crippen LogP contribution in [-0.2, 0) is 11.3 Å². The number of benzene rings is 1. The highest BCUT2D eigenvalue weighted by Gasteiger charge is 2.26. The molecule has 0 radical (unpaired) electrons. The highest BCUT2D eigenvalue weighted by molar-refractivity contribution is 8.00. The number of rotatable bonds is 4. The molecule has 1 fully saturated rings. The van der Waals surface area contributed by atoms with Crippen molar-refractivity contribution in [3.63, 3.8) is 0 Å². The van der Waals surface area contributed by atoms with Crippen molar-refractivity contribution in [1.29, 1.82) is 0 Å². The molecule has 4 rings (SSSR count). The van der Waals surface area contributed by atoms with Crippen LogP contribution in [0.1, 0.15) is 25.7 Å². The molecule has 1 aliphatic rings. The Balaban J connectivity index is 1.93. The molecule has 0 aliphatic heterocycles. The fourth-order valence-electron chi connectivity index (χ4n) is 3.31. The lowest BCUT2D eigenvalue weighted by molar-refractivity contribution is -0.119. The maximum absolute atomic E-state index is 12.8. The summed E-state index contributed by atoms with van der Waals surface area (Å²) >= 11 is 1.45. The number of fused-ring (bicyclic) bond motifs is 3. The first kappa shape index (κ1) is 16.1. The Kier molecular flexibility index (Phi) is 4.17. The number of hydrogen-bond donors (Lipinski definition) is 0. The molecule has 128 valence electrons. The summed E-state index contributed by atoms with van der Waals surface area (Å²) in [5.74, 6) is 0.756. The van der Waals surface area contributed by atoms with E-state index in [4.69, 9.17) is 0 Å². The molecule has 0 N–H and O–H groups in total. The van der Waals surface area contributed by atoms with Crippen molar-refractivity contribution < 1.29 is 4.79 Å². The van der Waals surface area contributed by atoms with Gasteiger partial charge < -0.3 is 0 Å². The Bertz CT molecular complexity index is 1040. The van der Waals surface area contributed by atoms with Gasteiger partial charge in [-0.25, -0.2) is 0 Å². The molecule has 2 aromatic heterocycles. The lowest BCUT2D eigenvalue weighted by Crippen LogP contribution is -2.23. The topological polar surface area (TPSA) is 69.3 Å². The number of nitrogens with zero attached hydrogens (tertiary/aromatic N) is 4. The fourth-order valence-corrected chi connectivity index (χ4v) is 4.47. The van der Waals surface area contributed by atoms with Crippen molar-refractivity contribution >= 4 is 34.2 Å². The van der Waals surface area contributed by atoms with E-state index >= 15 is 0 Å². The predicted octanol–water partition coefficient (Wildman–Crippen LogP) is 2.83. The number of thioether (sulfide) groups is 1. The van der Waals surface area contributed by atoms with Crippen LogP contribution in [-0.4, -0.2) is 30.2 Å². The lowest BCUT2D eigenvalue weighted by Gasteiger charge is -2.19. The summed E-state index contributed by atoms with van der Waals surface area (Å²) < 4.78 is 3.45. The molecule has 0 unspecified atom stereocenters. The Morgan fingerprint density at radius 3 is 2.88 bits per heavy atom. The second-order valence-electron chi connectivity index (χ2n) is 6.16. The van der Waals surface area contributed by atoms with Gasteiger partial charge in [-0.2, -0.15) is 0 Å². The largest absolute Gasteiger partial charge is 0.298 e. The van der Waals surface area contributed by atoms with E-state index in [1.54, 1.807) is 16.7 Å². The van der Waals surface area contributed by atoms with E-state index in [0.717, 1.165) is 24.8 Å². The van der Waals surface area contributed by atoms with Crippen LogP contribution < -0.4 is 5.56 Å². The van der Waals surface area contributed by atoms with E-state index < -0.39 is 0 Å². The SMILES string of the molecule is C=CCn1c(=O)c2ccccc2n2c(S[C@H]3CCCCC3=O)nnc12. The average Bonchev–Trinajstić information content (AvgIpc) is 3.04. The van der Waals surface area contributed by atoms with Gasteiger partial charge in [0.1, 0.15) is 5.78 Å². The molecule has 0 amide bonds. The highest BCUT2D eigenvalue weighted by atomic mass is 32.2. The molecule has 1 saturated carbocycles. The van der Waals surface area contributed by atoms with Crippen LogP contribution in [0.15, 0.2) is 46.9 Å². The second kappa shape index (κ2) is 6.48. The summed E-state index contributed by atoms with van der Waals surface area (Å²) in [5.41, 5.74) is 0.652. The van der Waals surface area contributed by atoms with Gasteiger partial charge in [0.2, 0.25) is 5.78 Å².